The minimum atomic E-state index is -0.892. The van der Waals surface area contributed by atoms with E-state index in [1.54, 1.807) is 32.9 Å². The lowest BCUT2D eigenvalue weighted by molar-refractivity contribution is -0.141. The fourth-order valence-corrected chi connectivity index (χ4v) is 1.54. The van der Waals surface area contributed by atoms with E-state index in [4.69, 9.17) is 9.84 Å². The Bertz CT molecular complexity index is 479. The SMILES string of the molecule is COC(C)(C)C(=O)Nc1ccc(C[C@@H](C)C(=O)O)cc1. The van der Waals surface area contributed by atoms with E-state index in [0.717, 1.165) is 5.56 Å². The Hall–Kier alpha value is -1.88. The van der Waals surface area contributed by atoms with Gasteiger partial charge in [0.15, 0.2) is 0 Å². The van der Waals surface area contributed by atoms with Crippen molar-refractivity contribution in [2.75, 3.05) is 12.4 Å². The number of methoxy groups -OCH3 is 1. The quantitative estimate of drug-likeness (QED) is 0.838. The van der Waals surface area contributed by atoms with Gasteiger partial charge in [-0.25, -0.2) is 0 Å². The number of hydrogen-bond donors (Lipinski definition) is 2. The lowest BCUT2D eigenvalue weighted by atomic mass is 10.0. The van der Waals surface area contributed by atoms with Gasteiger partial charge in [0.1, 0.15) is 5.60 Å². The van der Waals surface area contributed by atoms with Crippen LogP contribution in [0.3, 0.4) is 0 Å². The molecule has 0 aromatic heterocycles. The zero-order valence-corrected chi connectivity index (χ0v) is 12.3. The van der Waals surface area contributed by atoms with E-state index in [0.29, 0.717) is 12.1 Å². The van der Waals surface area contributed by atoms with E-state index in [2.05, 4.69) is 5.32 Å². The minimum Gasteiger partial charge on any atom is -0.481 e. The summed E-state index contributed by atoms with van der Waals surface area (Å²) in [6.07, 6.45) is 0.465. The van der Waals surface area contributed by atoms with E-state index in [-0.39, 0.29) is 5.91 Å². The normalized spacial score (nSPS) is 12.8. The molecule has 0 spiro atoms. The molecule has 20 heavy (non-hydrogen) atoms. The van der Waals surface area contributed by atoms with E-state index in [1.165, 1.54) is 7.11 Å². The van der Waals surface area contributed by atoms with Gasteiger partial charge in [-0.2, -0.15) is 0 Å². The topological polar surface area (TPSA) is 75.6 Å². The number of nitrogens with one attached hydrogen (secondary N) is 1. The van der Waals surface area contributed by atoms with E-state index < -0.39 is 17.5 Å². The molecule has 0 saturated carbocycles. The van der Waals surface area contributed by atoms with Crippen molar-refractivity contribution in [2.45, 2.75) is 32.8 Å². The third-order valence-electron chi connectivity index (χ3n) is 3.23. The van der Waals surface area contributed by atoms with Crippen molar-refractivity contribution in [2.24, 2.45) is 5.92 Å². The Morgan fingerprint density at radius 3 is 2.30 bits per heavy atom. The summed E-state index contributed by atoms with van der Waals surface area (Å²) in [6.45, 7) is 5.04. The van der Waals surface area contributed by atoms with Gasteiger partial charge in [0.05, 0.1) is 5.92 Å². The molecule has 0 heterocycles. The third kappa shape index (κ3) is 4.35. The van der Waals surface area contributed by atoms with Gasteiger partial charge in [0, 0.05) is 12.8 Å². The molecule has 1 rings (SSSR count). The second-order valence-electron chi connectivity index (χ2n) is 5.31. The van der Waals surface area contributed by atoms with Gasteiger partial charge in [-0.1, -0.05) is 19.1 Å². The highest BCUT2D eigenvalue weighted by Crippen LogP contribution is 2.16. The number of carbonyl (C=O) groups excluding carboxylic acids is 1. The molecule has 0 bridgehead atoms. The van der Waals surface area contributed by atoms with Gasteiger partial charge in [-0.15, -0.1) is 0 Å². The number of rotatable bonds is 6. The van der Waals surface area contributed by atoms with Crippen LogP contribution >= 0.6 is 0 Å². The first-order valence-electron chi connectivity index (χ1n) is 6.44. The zero-order valence-electron chi connectivity index (χ0n) is 12.3. The van der Waals surface area contributed by atoms with Crippen molar-refractivity contribution in [3.8, 4) is 0 Å². The van der Waals surface area contributed by atoms with Crippen LogP contribution in [-0.2, 0) is 20.7 Å². The Balaban J connectivity index is 2.68. The fraction of sp³-hybridized carbons (Fsp3) is 0.467. The summed E-state index contributed by atoms with van der Waals surface area (Å²) in [7, 11) is 1.48. The van der Waals surface area contributed by atoms with Crippen LogP contribution < -0.4 is 5.32 Å². The third-order valence-corrected chi connectivity index (χ3v) is 3.23. The summed E-state index contributed by atoms with van der Waals surface area (Å²) in [5.74, 6) is -1.47. The van der Waals surface area contributed by atoms with Gasteiger partial charge in [-0.05, 0) is 38.0 Å². The molecule has 0 aliphatic heterocycles. The van der Waals surface area contributed by atoms with Gasteiger partial charge in [-0.3, -0.25) is 9.59 Å². The number of carboxylic acids is 1. The number of benzene rings is 1. The molecule has 1 aromatic carbocycles. The number of carbonyl (C=O) groups is 2. The molecule has 0 saturated heterocycles. The highest BCUT2D eigenvalue weighted by atomic mass is 16.5. The molecule has 5 nitrogen and oxygen atoms in total. The zero-order chi connectivity index (χ0) is 15.3. The van der Waals surface area contributed by atoms with E-state index >= 15 is 0 Å². The molecular formula is C15H21NO4. The second-order valence-corrected chi connectivity index (χ2v) is 5.31. The highest BCUT2D eigenvalue weighted by molar-refractivity contribution is 5.96. The summed E-state index contributed by atoms with van der Waals surface area (Å²) < 4.78 is 5.10. The van der Waals surface area contributed by atoms with Crippen LogP contribution in [0.4, 0.5) is 5.69 Å². The van der Waals surface area contributed by atoms with Crippen LogP contribution in [0.25, 0.3) is 0 Å². The van der Waals surface area contributed by atoms with Gasteiger partial charge in [0.2, 0.25) is 0 Å². The van der Waals surface area contributed by atoms with Crippen LogP contribution in [0.15, 0.2) is 24.3 Å². The average molecular weight is 279 g/mol. The van der Waals surface area contributed by atoms with Crippen molar-refractivity contribution in [3.05, 3.63) is 29.8 Å². The maximum atomic E-state index is 11.9. The lowest BCUT2D eigenvalue weighted by Crippen LogP contribution is -2.38. The molecule has 0 fully saturated rings. The molecular weight excluding hydrogens is 258 g/mol. The Morgan fingerprint density at radius 2 is 1.85 bits per heavy atom. The van der Waals surface area contributed by atoms with Crippen molar-refractivity contribution in [1.82, 2.24) is 0 Å². The average Bonchev–Trinajstić information content (AvgIpc) is 2.40. The number of aliphatic carboxylic acids is 1. The largest absolute Gasteiger partial charge is 0.481 e. The predicted octanol–water partition coefficient (Wildman–Crippen LogP) is 2.31. The first-order chi connectivity index (χ1) is 9.26. The fourth-order valence-electron chi connectivity index (χ4n) is 1.54. The molecule has 2 N–H and O–H groups in total. The minimum absolute atomic E-state index is 0.230. The van der Waals surface area contributed by atoms with E-state index in [9.17, 15) is 9.59 Å². The standard InChI is InChI=1S/C15H21NO4/c1-10(13(17)18)9-11-5-7-12(8-6-11)16-14(19)15(2,3)20-4/h5-8,10H,9H2,1-4H3,(H,16,19)(H,17,18)/t10-/m1/s1. The number of anilines is 1. The van der Waals surface area contributed by atoms with Crippen molar-refractivity contribution >= 4 is 17.6 Å². The van der Waals surface area contributed by atoms with Crippen molar-refractivity contribution in [1.29, 1.82) is 0 Å². The number of hydrogen-bond acceptors (Lipinski definition) is 3. The van der Waals surface area contributed by atoms with Crippen LogP contribution in [0.2, 0.25) is 0 Å². The maximum Gasteiger partial charge on any atom is 0.306 e. The second kappa shape index (κ2) is 6.52. The molecule has 110 valence electrons. The predicted molar refractivity (Wildman–Crippen MR) is 76.7 cm³/mol. The van der Waals surface area contributed by atoms with Crippen molar-refractivity contribution in [3.63, 3.8) is 0 Å². The van der Waals surface area contributed by atoms with Crippen LogP contribution in [0.5, 0.6) is 0 Å². The van der Waals surface area contributed by atoms with Gasteiger partial charge < -0.3 is 15.2 Å². The molecule has 0 aliphatic rings. The molecule has 5 heteroatoms. The number of ether oxygens (including phenoxy) is 1. The first-order valence-corrected chi connectivity index (χ1v) is 6.44. The van der Waals surface area contributed by atoms with Crippen LogP contribution in [-0.4, -0.2) is 29.7 Å². The van der Waals surface area contributed by atoms with Crippen molar-refractivity contribution < 1.29 is 19.4 Å². The van der Waals surface area contributed by atoms with Gasteiger partial charge in [0.25, 0.3) is 5.91 Å². The Kier molecular flexibility index (Phi) is 5.27. The highest BCUT2D eigenvalue weighted by Gasteiger charge is 2.26. The molecule has 1 amide bonds. The molecule has 1 atom stereocenters. The van der Waals surface area contributed by atoms with Crippen LogP contribution in [0.1, 0.15) is 26.3 Å². The molecule has 0 unspecified atom stereocenters. The number of carboxylic acid groups (broad SMARTS) is 1. The number of amides is 1. The van der Waals surface area contributed by atoms with Gasteiger partial charge >= 0.3 is 5.97 Å². The first kappa shape index (κ1) is 16.2. The summed E-state index contributed by atoms with van der Waals surface area (Å²) >= 11 is 0. The monoisotopic (exact) mass is 279 g/mol. The Morgan fingerprint density at radius 1 is 1.30 bits per heavy atom. The van der Waals surface area contributed by atoms with Crippen LogP contribution in [0, 0.1) is 5.92 Å². The summed E-state index contributed by atoms with van der Waals surface area (Å²) in [6, 6.07) is 7.14. The molecule has 0 radical (unpaired) electrons. The summed E-state index contributed by atoms with van der Waals surface area (Å²) in [5, 5.41) is 11.6. The molecule has 1 aromatic rings. The Labute approximate surface area is 118 Å². The van der Waals surface area contributed by atoms with E-state index in [1.807, 2.05) is 12.1 Å². The summed E-state index contributed by atoms with van der Waals surface area (Å²) in [4.78, 5) is 22.7. The maximum absolute atomic E-state index is 11.9. The summed E-state index contributed by atoms with van der Waals surface area (Å²) in [5.41, 5.74) is 0.687. The smallest absolute Gasteiger partial charge is 0.306 e. The molecule has 0 aliphatic carbocycles. The lowest BCUT2D eigenvalue weighted by Gasteiger charge is -2.21.